The van der Waals surface area contributed by atoms with Crippen LogP contribution in [0, 0.1) is 19.3 Å². The Bertz CT molecular complexity index is 1160. The molecule has 1 saturated carbocycles. The lowest BCUT2D eigenvalue weighted by Gasteiger charge is -2.32. The van der Waals surface area contributed by atoms with Gasteiger partial charge in [0.1, 0.15) is 0 Å². The van der Waals surface area contributed by atoms with E-state index >= 15 is 0 Å². The SMILES string of the molecule is CNCCN1CCC(c2cc(NC3CCCC3)c(C=N)c(C(=O)NCc3c(C)cc(C)[nH]c3=O)c2)CC1. The van der Waals surface area contributed by atoms with E-state index in [-0.39, 0.29) is 18.0 Å². The lowest BCUT2D eigenvalue weighted by atomic mass is 9.86. The van der Waals surface area contributed by atoms with Crippen LogP contribution in [0.15, 0.2) is 23.0 Å². The molecule has 0 bridgehead atoms. The van der Waals surface area contributed by atoms with Crippen molar-refractivity contribution in [1.29, 1.82) is 5.41 Å². The highest BCUT2D eigenvalue weighted by molar-refractivity contribution is 6.05. The number of benzene rings is 1. The van der Waals surface area contributed by atoms with Crippen LogP contribution >= 0.6 is 0 Å². The Morgan fingerprint density at radius 1 is 1.14 bits per heavy atom. The maximum Gasteiger partial charge on any atom is 0.253 e. The number of hydrogen-bond donors (Lipinski definition) is 5. The lowest BCUT2D eigenvalue weighted by molar-refractivity contribution is 0.0950. The molecular formula is C29H42N6O2. The topological polar surface area (TPSA) is 113 Å². The molecule has 0 unspecified atom stereocenters. The standard InChI is InChI=1S/C29H42N6O2/c1-19-14-20(2)33-29(37)26(19)18-32-28(36)24-15-22(21-8-11-35(12-9-21)13-10-31-3)16-27(25(24)17-30)34-23-6-4-5-7-23/h14-17,21,23,30-31,34H,4-13,18H2,1-3H3,(H,32,36)(H,33,37). The first-order valence-corrected chi connectivity index (χ1v) is 13.7. The summed E-state index contributed by atoms with van der Waals surface area (Å²) in [5.74, 6) is 0.129. The number of aromatic amines is 1. The summed E-state index contributed by atoms with van der Waals surface area (Å²) in [4.78, 5) is 31.3. The first kappa shape index (κ1) is 27.1. The van der Waals surface area contributed by atoms with Gasteiger partial charge in [-0.2, -0.15) is 0 Å². The number of piperidine rings is 1. The second kappa shape index (κ2) is 12.5. The van der Waals surface area contributed by atoms with Gasteiger partial charge in [0.2, 0.25) is 0 Å². The summed E-state index contributed by atoms with van der Waals surface area (Å²) in [6.45, 7) is 8.01. The van der Waals surface area contributed by atoms with Gasteiger partial charge in [0.25, 0.3) is 11.5 Å². The number of nitrogens with zero attached hydrogens (tertiary/aromatic N) is 1. The van der Waals surface area contributed by atoms with Crippen molar-refractivity contribution in [2.45, 2.75) is 70.9 Å². The maximum atomic E-state index is 13.5. The van der Waals surface area contributed by atoms with Crippen molar-refractivity contribution < 1.29 is 4.79 Å². The first-order valence-electron chi connectivity index (χ1n) is 13.7. The molecule has 2 aliphatic rings. The van der Waals surface area contributed by atoms with E-state index in [0.717, 1.165) is 74.4 Å². The van der Waals surface area contributed by atoms with Crippen LogP contribution in [0.25, 0.3) is 0 Å². The Labute approximate surface area is 220 Å². The summed E-state index contributed by atoms with van der Waals surface area (Å²) in [5, 5.41) is 18.0. The monoisotopic (exact) mass is 506 g/mol. The number of carbonyl (C=O) groups is 1. The molecule has 4 rings (SSSR count). The number of H-pyrrole nitrogens is 1. The molecule has 0 spiro atoms. The van der Waals surface area contributed by atoms with Crippen molar-refractivity contribution in [2.75, 3.05) is 38.5 Å². The predicted octanol–water partition coefficient (Wildman–Crippen LogP) is 3.67. The largest absolute Gasteiger partial charge is 0.382 e. The molecule has 1 saturated heterocycles. The molecule has 2 heterocycles. The van der Waals surface area contributed by atoms with Gasteiger partial charge in [-0.05, 0) is 94.9 Å². The van der Waals surface area contributed by atoms with E-state index in [2.05, 4.69) is 31.9 Å². The van der Waals surface area contributed by atoms with Crippen molar-refractivity contribution >= 4 is 17.8 Å². The van der Waals surface area contributed by atoms with Gasteiger partial charge in [-0.1, -0.05) is 12.8 Å². The van der Waals surface area contributed by atoms with Crippen LogP contribution in [-0.2, 0) is 6.54 Å². The molecule has 1 aromatic heterocycles. The highest BCUT2D eigenvalue weighted by Crippen LogP contribution is 2.34. The van der Waals surface area contributed by atoms with Crippen molar-refractivity contribution in [3.8, 4) is 0 Å². The molecule has 8 nitrogen and oxygen atoms in total. The zero-order chi connectivity index (χ0) is 26.4. The fourth-order valence-electron chi connectivity index (χ4n) is 5.79. The summed E-state index contributed by atoms with van der Waals surface area (Å²) in [6, 6.07) is 6.45. The van der Waals surface area contributed by atoms with Crippen LogP contribution < -0.4 is 21.5 Å². The number of carbonyl (C=O) groups excluding carboxylic acids is 1. The zero-order valence-corrected chi connectivity index (χ0v) is 22.5. The van der Waals surface area contributed by atoms with E-state index in [1.54, 1.807) is 0 Å². The van der Waals surface area contributed by atoms with Gasteiger partial charge in [0, 0.05) is 54.4 Å². The molecule has 37 heavy (non-hydrogen) atoms. The van der Waals surface area contributed by atoms with Gasteiger partial charge in [-0.15, -0.1) is 0 Å². The fraction of sp³-hybridized carbons (Fsp3) is 0.552. The molecule has 2 aromatic rings. The second-order valence-corrected chi connectivity index (χ2v) is 10.6. The van der Waals surface area contributed by atoms with Crippen LogP contribution in [0.2, 0.25) is 0 Å². The molecule has 0 radical (unpaired) electrons. The van der Waals surface area contributed by atoms with Crippen LogP contribution in [0.4, 0.5) is 5.69 Å². The quantitative estimate of drug-likeness (QED) is 0.316. The minimum atomic E-state index is -0.249. The van der Waals surface area contributed by atoms with E-state index in [4.69, 9.17) is 5.41 Å². The second-order valence-electron chi connectivity index (χ2n) is 10.6. The Kier molecular flexibility index (Phi) is 9.16. The van der Waals surface area contributed by atoms with Gasteiger partial charge in [-0.25, -0.2) is 0 Å². The Balaban J connectivity index is 1.59. The highest BCUT2D eigenvalue weighted by atomic mass is 16.1. The Morgan fingerprint density at radius 3 is 2.51 bits per heavy atom. The molecule has 5 N–H and O–H groups in total. The van der Waals surface area contributed by atoms with Crippen LogP contribution in [0.3, 0.4) is 0 Å². The lowest BCUT2D eigenvalue weighted by Crippen LogP contribution is -2.37. The molecule has 1 aromatic carbocycles. The summed E-state index contributed by atoms with van der Waals surface area (Å²) < 4.78 is 0. The summed E-state index contributed by atoms with van der Waals surface area (Å²) in [6.07, 6.45) is 8.04. The summed E-state index contributed by atoms with van der Waals surface area (Å²) in [5.41, 5.74) is 5.21. The third-order valence-corrected chi connectivity index (χ3v) is 7.96. The van der Waals surface area contributed by atoms with Gasteiger partial charge in [0.05, 0.1) is 5.56 Å². The van der Waals surface area contributed by atoms with E-state index in [1.807, 2.05) is 33.0 Å². The number of amides is 1. The molecular weight excluding hydrogens is 464 g/mol. The van der Waals surface area contributed by atoms with Gasteiger partial charge < -0.3 is 31.2 Å². The number of rotatable bonds is 10. The number of likely N-dealkylation sites (tertiary alicyclic amines) is 1. The number of aromatic nitrogens is 1. The van der Waals surface area contributed by atoms with Crippen LogP contribution in [0.1, 0.15) is 82.7 Å². The molecule has 0 atom stereocenters. The summed E-state index contributed by atoms with van der Waals surface area (Å²) >= 11 is 0. The number of anilines is 1. The normalized spacial score (nSPS) is 17.2. The summed E-state index contributed by atoms with van der Waals surface area (Å²) in [7, 11) is 1.99. The molecule has 2 fully saturated rings. The smallest absolute Gasteiger partial charge is 0.253 e. The number of nitrogens with one attached hydrogen (secondary N) is 5. The van der Waals surface area contributed by atoms with Crippen LogP contribution in [0.5, 0.6) is 0 Å². The molecule has 1 aliphatic carbocycles. The first-order chi connectivity index (χ1) is 17.9. The van der Waals surface area contributed by atoms with Crippen molar-refractivity contribution in [3.05, 3.63) is 62.1 Å². The van der Waals surface area contributed by atoms with E-state index in [0.29, 0.717) is 28.7 Å². The van der Waals surface area contributed by atoms with Crippen molar-refractivity contribution in [2.24, 2.45) is 0 Å². The van der Waals surface area contributed by atoms with Crippen molar-refractivity contribution in [3.63, 3.8) is 0 Å². The van der Waals surface area contributed by atoms with Gasteiger partial charge in [0.15, 0.2) is 0 Å². The van der Waals surface area contributed by atoms with E-state index in [9.17, 15) is 9.59 Å². The van der Waals surface area contributed by atoms with Crippen molar-refractivity contribution in [1.82, 2.24) is 20.5 Å². The third kappa shape index (κ3) is 6.67. The van der Waals surface area contributed by atoms with E-state index < -0.39 is 0 Å². The fourth-order valence-corrected chi connectivity index (χ4v) is 5.79. The maximum absolute atomic E-state index is 13.5. The number of hydrogen-bond acceptors (Lipinski definition) is 6. The predicted molar refractivity (Wildman–Crippen MR) is 150 cm³/mol. The zero-order valence-electron chi connectivity index (χ0n) is 22.5. The number of likely N-dealkylation sites (N-methyl/N-ethyl adjacent to an activating group) is 1. The number of pyridine rings is 1. The molecule has 1 amide bonds. The van der Waals surface area contributed by atoms with Gasteiger partial charge in [-0.3, -0.25) is 9.59 Å². The molecule has 200 valence electrons. The highest BCUT2D eigenvalue weighted by Gasteiger charge is 2.25. The minimum absolute atomic E-state index is 0.150. The third-order valence-electron chi connectivity index (χ3n) is 7.96. The minimum Gasteiger partial charge on any atom is -0.382 e. The Hall–Kier alpha value is -2.97. The average Bonchev–Trinajstić information content (AvgIpc) is 3.39. The molecule has 8 heteroatoms. The molecule has 1 aliphatic heterocycles. The average molecular weight is 507 g/mol. The van der Waals surface area contributed by atoms with E-state index in [1.165, 1.54) is 19.1 Å². The van der Waals surface area contributed by atoms with Crippen LogP contribution in [-0.4, -0.2) is 61.3 Å². The number of aryl methyl sites for hydroxylation is 2. The Morgan fingerprint density at radius 2 is 1.86 bits per heavy atom. The van der Waals surface area contributed by atoms with Gasteiger partial charge >= 0.3 is 0 Å².